The number of nitrogens with two attached hydrogens (primary N) is 1. The molecular formula is C12H13N3O3. The van der Waals surface area contributed by atoms with E-state index in [1.807, 2.05) is 6.92 Å². The Hall–Kier alpha value is -2.50. The van der Waals surface area contributed by atoms with E-state index in [-0.39, 0.29) is 11.6 Å². The number of aromatic amines is 1. The average molecular weight is 247 g/mol. The Morgan fingerprint density at radius 1 is 1.39 bits per heavy atom. The number of aryl methyl sites for hydroxylation is 1. The molecule has 0 saturated heterocycles. The number of hydrogen-bond acceptors (Lipinski definition) is 5. The number of nitrogen functional groups attached to an aromatic ring is 1. The Bertz CT molecular complexity index is 622. The molecule has 94 valence electrons. The van der Waals surface area contributed by atoms with Crippen LogP contribution >= 0.6 is 0 Å². The lowest BCUT2D eigenvalue weighted by atomic mass is 10.2. The summed E-state index contributed by atoms with van der Waals surface area (Å²) in [7, 11) is 1.38. The molecule has 0 aliphatic heterocycles. The average Bonchev–Trinajstić information content (AvgIpc) is 2.34. The Kier molecular flexibility index (Phi) is 3.18. The Labute approximate surface area is 103 Å². The molecular weight excluding hydrogens is 234 g/mol. The zero-order valence-electron chi connectivity index (χ0n) is 10.1. The van der Waals surface area contributed by atoms with Crippen LogP contribution in [0, 0.1) is 6.92 Å². The standard InChI is InChI=1S/C12H13N3O3/c1-7-5-8(3-4-9(7)13)18-12-10(17-2)11(16)14-6-15-12/h3-6H,13H2,1-2H3,(H,14,15,16). The van der Waals surface area contributed by atoms with E-state index in [4.69, 9.17) is 15.2 Å². The lowest BCUT2D eigenvalue weighted by Gasteiger charge is -2.09. The van der Waals surface area contributed by atoms with Gasteiger partial charge in [0.15, 0.2) is 0 Å². The van der Waals surface area contributed by atoms with Gasteiger partial charge in [0.2, 0.25) is 5.75 Å². The molecule has 6 heteroatoms. The first-order valence-electron chi connectivity index (χ1n) is 5.27. The fourth-order valence-corrected chi connectivity index (χ4v) is 1.45. The van der Waals surface area contributed by atoms with Gasteiger partial charge in [-0.05, 0) is 30.7 Å². The summed E-state index contributed by atoms with van der Waals surface area (Å²) in [6.45, 7) is 1.87. The second kappa shape index (κ2) is 4.79. The topological polar surface area (TPSA) is 90.2 Å². The van der Waals surface area contributed by atoms with Crippen LogP contribution in [0.5, 0.6) is 17.4 Å². The van der Waals surface area contributed by atoms with Gasteiger partial charge in [-0.25, -0.2) is 4.98 Å². The number of aromatic nitrogens is 2. The van der Waals surface area contributed by atoms with E-state index >= 15 is 0 Å². The molecule has 0 saturated carbocycles. The van der Waals surface area contributed by atoms with Crippen molar-refractivity contribution in [3.63, 3.8) is 0 Å². The van der Waals surface area contributed by atoms with Crippen molar-refractivity contribution in [1.29, 1.82) is 0 Å². The van der Waals surface area contributed by atoms with Crippen molar-refractivity contribution in [3.8, 4) is 17.4 Å². The van der Waals surface area contributed by atoms with E-state index in [1.54, 1.807) is 18.2 Å². The van der Waals surface area contributed by atoms with Crippen molar-refractivity contribution < 1.29 is 9.47 Å². The zero-order valence-corrected chi connectivity index (χ0v) is 10.1. The minimum atomic E-state index is -0.394. The van der Waals surface area contributed by atoms with Crippen molar-refractivity contribution in [1.82, 2.24) is 9.97 Å². The van der Waals surface area contributed by atoms with Crippen molar-refractivity contribution in [3.05, 3.63) is 40.4 Å². The molecule has 1 heterocycles. The summed E-state index contributed by atoms with van der Waals surface area (Å²) in [5.74, 6) is 0.690. The van der Waals surface area contributed by atoms with Gasteiger partial charge in [0.1, 0.15) is 5.75 Å². The molecule has 18 heavy (non-hydrogen) atoms. The van der Waals surface area contributed by atoms with E-state index in [1.165, 1.54) is 13.4 Å². The molecule has 0 spiro atoms. The Morgan fingerprint density at radius 2 is 2.17 bits per heavy atom. The van der Waals surface area contributed by atoms with Gasteiger partial charge in [-0.1, -0.05) is 0 Å². The van der Waals surface area contributed by atoms with Crippen LogP contribution in [-0.4, -0.2) is 17.1 Å². The zero-order chi connectivity index (χ0) is 13.1. The van der Waals surface area contributed by atoms with Crippen molar-refractivity contribution in [2.75, 3.05) is 12.8 Å². The van der Waals surface area contributed by atoms with Crippen LogP contribution < -0.4 is 20.8 Å². The van der Waals surface area contributed by atoms with Gasteiger partial charge in [0, 0.05) is 5.69 Å². The smallest absolute Gasteiger partial charge is 0.297 e. The summed E-state index contributed by atoms with van der Waals surface area (Å²) in [6, 6.07) is 5.19. The Morgan fingerprint density at radius 3 is 2.83 bits per heavy atom. The molecule has 0 radical (unpaired) electrons. The third-order valence-corrected chi connectivity index (χ3v) is 2.44. The summed E-state index contributed by atoms with van der Waals surface area (Å²) >= 11 is 0. The second-order valence-electron chi connectivity index (χ2n) is 3.69. The highest BCUT2D eigenvalue weighted by molar-refractivity contribution is 5.50. The van der Waals surface area contributed by atoms with E-state index < -0.39 is 5.56 Å². The van der Waals surface area contributed by atoms with Crippen molar-refractivity contribution in [2.24, 2.45) is 0 Å². The lowest BCUT2D eigenvalue weighted by molar-refractivity contribution is 0.363. The van der Waals surface area contributed by atoms with Crippen LogP contribution in [0.2, 0.25) is 0 Å². The number of methoxy groups -OCH3 is 1. The highest BCUT2D eigenvalue weighted by atomic mass is 16.5. The highest BCUT2D eigenvalue weighted by Crippen LogP contribution is 2.27. The van der Waals surface area contributed by atoms with Gasteiger partial charge in [-0.15, -0.1) is 0 Å². The molecule has 2 aromatic rings. The number of nitrogens with one attached hydrogen (secondary N) is 1. The van der Waals surface area contributed by atoms with Gasteiger partial charge in [-0.2, -0.15) is 0 Å². The fraction of sp³-hybridized carbons (Fsp3) is 0.167. The first-order chi connectivity index (χ1) is 8.61. The molecule has 0 amide bonds. The molecule has 1 aromatic carbocycles. The van der Waals surface area contributed by atoms with Crippen LogP contribution in [0.1, 0.15) is 5.56 Å². The van der Waals surface area contributed by atoms with Gasteiger partial charge in [0.05, 0.1) is 13.4 Å². The van der Waals surface area contributed by atoms with Crippen molar-refractivity contribution in [2.45, 2.75) is 6.92 Å². The predicted octanol–water partition coefficient (Wildman–Crippen LogP) is 1.46. The summed E-state index contributed by atoms with van der Waals surface area (Å²) in [5.41, 5.74) is 6.88. The van der Waals surface area contributed by atoms with E-state index in [0.717, 1.165) is 5.56 Å². The molecule has 0 bridgehead atoms. The quantitative estimate of drug-likeness (QED) is 0.801. The Balaban J connectivity index is 2.37. The largest absolute Gasteiger partial charge is 0.487 e. The van der Waals surface area contributed by atoms with Crippen LogP contribution in [0.3, 0.4) is 0 Å². The number of benzene rings is 1. The first-order valence-corrected chi connectivity index (χ1v) is 5.27. The lowest BCUT2D eigenvalue weighted by Crippen LogP contribution is -2.10. The second-order valence-corrected chi connectivity index (χ2v) is 3.69. The number of anilines is 1. The SMILES string of the molecule is COc1c(Oc2ccc(N)c(C)c2)nc[nH]c1=O. The summed E-state index contributed by atoms with van der Waals surface area (Å²) < 4.78 is 10.5. The van der Waals surface area contributed by atoms with Crippen LogP contribution in [0.4, 0.5) is 5.69 Å². The van der Waals surface area contributed by atoms with Crippen LogP contribution in [-0.2, 0) is 0 Å². The molecule has 1 aromatic heterocycles. The molecule has 0 aliphatic rings. The molecule has 0 unspecified atom stereocenters. The molecule has 6 nitrogen and oxygen atoms in total. The molecule has 0 aliphatic carbocycles. The minimum absolute atomic E-state index is 0.0342. The number of nitrogens with zero attached hydrogens (tertiary/aromatic N) is 1. The molecule has 0 atom stereocenters. The van der Waals surface area contributed by atoms with Crippen LogP contribution in [0.15, 0.2) is 29.3 Å². The van der Waals surface area contributed by atoms with Gasteiger partial charge in [-0.3, -0.25) is 4.79 Å². The number of H-pyrrole nitrogens is 1. The monoisotopic (exact) mass is 247 g/mol. The van der Waals surface area contributed by atoms with Gasteiger partial charge < -0.3 is 20.2 Å². The molecule has 3 N–H and O–H groups in total. The maximum atomic E-state index is 11.5. The summed E-state index contributed by atoms with van der Waals surface area (Å²) in [4.78, 5) is 17.8. The number of hydrogen-bond donors (Lipinski definition) is 2. The minimum Gasteiger partial charge on any atom is -0.487 e. The normalized spacial score (nSPS) is 10.1. The highest BCUT2D eigenvalue weighted by Gasteiger charge is 2.11. The first kappa shape index (κ1) is 12.0. The maximum absolute atomic E-state index is 11.5. The maximum Gasteiger partial charge on any atom is 0.297 e. The van der Waals surface area contributed by atoms with E-state index in [9.17, 15) is 4.79 Å². The predicted molar refractivity (Wildman–Crippen MR) is 67.1 cm³/mol. The number of ether oxygens (including phenoxy) is 2. The molecule has 0 fully saturated rings. The van der Waals surface area contributed by atoms with E-state index in [2.05, 4.69) is 9.97 Å². The third-order valence-electron chi connectivity index (χ3n) is 2.44. The fourth-order valence-electron chi connectivity index (χ4n) is 1.45. The summed E-state index contributed by atoms with van der Waals surface area (Å²) in [5, 5.41) is 0. The van der Waals surface area contributed by atoms with Gasteiger partial charge in [0.25, 0.3) is 11.4 Å². The molecule has 2 rings (SSSR count). The van der Waals surface area contributed by atoms with Crippen LogP contribution in [0.25, 0.3) is 0 Å². The van der Waals surface area contributed by atoms with Gasteiger partial charge >= 0.3 is 0 Å². The van der Waals surface area contributed by atoms with Crippen molar-refractivity contribution >= 4 is 5.69 Å². The summed E-state index contributed by atoms with van der Waals surface area (Å²) in [6.07, 6.45) is 1.25. The van der Waals surface area contributed by atoms with E-state index in [0.29, 0.717) is 11.4 Å². The number of rotatable bonds is 3. The third kappa shape index (κ3) is 2.27.